The summed E-state index contributed by atoms with van der Waals surface area (Å²) in [7, 11) is 1.71. The zero-order valence-electron chi connectivity index (χ0n) is 12.8. The van der Waals surface area contributed by atoms with Gasteiger partial charge >= 0.3 is 6.09 Å². The highest BCUT2D eigenvalue weighted by Gasteiger charge is 2.47. The summed E-state index contributed by atoms with van der Waals surface area (Å²) in [6.45, 7) is 1.56. The summed E-state index contributed by atoms with van der Waals surface area (Å²) in [4.78, 5) is 32.0. The molecule has 120 valence electrons. The minimum Gasteiger partial charge on any atom is -0.439 e. The molecule has 0 unspecified atom stereocenters. The van der Waals surface area contributed by atoms with Gasteiger partial charge in [-0.3, -0.25) is 4.79 Å². The minimum atomic E-state index is -0.590. The van der Waals surface area contributed by atoms with Gasteiger partial charge in [0.2, 0.25) is 0 Å². The molecule has 1 spiro atoms. The third-order valence-electron chi connectivity index (χ3n) is 4.46. The average Bonchev–Trinajstić information content (AvgIpc) is 3.08. The van der Waals surface area contributed by atoms with E-state index in [1.807, 2.05) is 0 Å². The number of hydrogen-bond donors (Lipinski definition) is 0. The molecule has 4 heterocycles. The number of amides is 2. The molecule has 0 bridgehead atoms. The Morgan fingerprint density at radius 3 is 3.04 bits per heavy atom. The Bertz CT molecular complexity index is 788. The smallest absolute Gasteiger partial charge is 0.410 e. The van der Waals surface area contributed by atoms with Crippen LogP contribution in [0, 0.1) is 0 Å². The second kappa shape index (κ2) is 4.94. The zero-order valence-corrected chi connectivity index (χ0v) is 12.8. The molecule has 1 atom stereocenters. The monoisotopic (exact) mass is 315 g/mol. The first-order valence-corrected chi connectivity index (χ1v) is 7.60. The first-order valence-electron chi connectivity index (χ1n) is 7.60. The van der Waals surface area contributed by atoms with E-state index in [0.29, 0.717) is 31.0 Å². The van der Waals surface area contributed by atoms with Crippen LogP contribution >= 0.6 is 0 Å². The molecular weight excluding hydrogens is 298 g/mol. The average molecular weight is 315 g/mol. The van der Waals surface area contributed by atoms with Gasteiger partial charge in [-0.2, -0.15) is 5.10 Å². The number of hydrogen-bond acceptors (Lipinski definition) is 5. The lowest BCUT2D eigenvalue weighted by molar-refractivity contribution is -0.00549. The number of nitrogens with zero attached hydrogens (tertiary/aromatic N) is 5. The van der Waals surface area contributed by atoms with Crippen LogP contribution in [0.2, 0.25) is 0 Å². The Balaban J connectivity index is 1.60. The van der Waals surface area contributed by atoms with Crippen molar-refractivity contribution in [2.45, 2.75) is 18.4 Å². The number of aromatic nitrogens is 3. The highest BCUT2D eigenvalue weighted by Crippen LogP contribution is 2.31. The van der Waals surface area contributed by atoms with E-state index in [0.717, 1.165) is 12.8 Å². The van der Waals surface area contributed by atoms with Crippen LogP contribution in [-0.2, 0) is 4.74 Å². The lowest BCUT2D eigenvalue weighted by Gasteiger charge is -2.38. The van der Waals surface area contributed by atoms with E-state index < -0.39 is 5.60 Å². The molecule has 0 N–H and O–H groups in total. The summed E-state index contributed by atoms with van der Waals surface area (Å²) >= 11 is 0. The van der Waals surface area contributed by atoms with Crippen LogP contribution in [-0.4, -0.2) is 68.7 Å². The Hall–Kier alpha value is -2.64. The van der Waals surface area contributed by atoms with E-state index in [1.54, 1.807) is 41.4 Å². The van der Waals surface area contributed by atoms with Crippen molar-refractivity contribution < 1.29 is 14.3 Å². The standard InChI is InChI=1S/C15H17N5O3/c1-18-9-15(23-14(18)22)5-3-7-19(10-15)13(21)11-8-16-12-4-2-6-17-20(11)12/h2,4,6,8H,3,5,7,9-10H2,1H3/t15-/m0/s1. The van der Waals surface area contributed by atoms with Crippen molar-refractivity contribution in [3.63, 3.8) is 0 Å². The van der Waals surface area contributed by atoms with Crippen LogP contribution in [0.1, 0.15) is 23.3 Å². The second-order valence-corrected chi connectivity index (χ2v) is 6.17. The second-order valence-electron chi connectivity index (χ2n) is 6.17. The van der Waals surface area contributed by atoms with Crippen LogP contribution in [0.3, 0.4) is 0 Å². The van der Waals surface area contributed by atoms with Gasteiger partial charge in [0, 0.05) is 19.8 Å². The van der Waals surface area contributed by atoms with Gasteiger partial charge in [-0.1, -0.05) is 0 Å². The predicted octanol–water partition coefficient (Wildman–Crippen LogP) is 0.786. The fourth-order valence-corrected chi connectivity index (χ4v) is 3.41. The molecule has 8 heteroatoms. The van der Waals surface area contributed by atoms with Gasteiger partial charge in [-0.25, -0.2) is 14.3 Å². The largest absolute Gasteiger partial charge is 0.439 e. The molecule has 2 aliphatic heterocycles. The van der Waals surface area contributed by atoms with Gasteiger partial charge in [0.15, 0.2) is 11.3 Å². The minimum absolute atomic E-state index is 0.138. The molecule has 2 fully saturated rings. The molecular formula is C15H17N5O3. The van der Waals surface area contributed by atoms with Gasteiger partial charge in [0.05, 0.1) is 19.3 Å². The van der Waals surface area contributed by atoms with Gasteiger partial charge in [0.25, 0.3) is 5.91 Å². The maximum Gasteiger partial charge on any atom is 0.410 e. The maximum atomic E-state index is 12.8. The first-order chi connectivity index (χ1) is 11.1. The van der Waals surface area contributed by atoms with Crippen molar-refractivity contribution in [2.75, 3.05) is 26.7 Å². The normalized spacial score (nSPS) is 24.5. The number of imidazole rings is 1. The van der Waals surface area contributed by atoms with Crippen molar-refractivity contribution in [1.29, 1.82) is 0 Å². The highest BCUT2D eigenvalue weighted by molar-refractivity contribution is 5.93. The van der Waals surface area contributed by atoms with E-state index in [2.05, 4.69) is 10.1 Å². The van der Waals surface area contributed by atoms with Crippen LogP contribution in [0.25, 0.3) is 5.65 Å². The number of ether oxygens (including phenoxy) is 1. The van der Waals surface area contributed by atoms with E-state index in [-0.39, 0.29) is 12.0 Å². The predicted molar refractivity (Wildman–Crippen MR) is 80.0 cm³/mol. The van der Waals surface area contributed by atoms with Gasteiger partial charge in [0.1, 0.15) is 5.60 Å². The zero-order chi connectivity index (χ0) is 16.0. The van der Waals surface area contributed by atoms with Crippen molar-refractivity contribution >= 4 is 17.6 Å². The van der Waals surface area contributed by atoms with Crippen molar-refractivity contribution in [3.8, 4) is 0 Å². The quantitative estimate of drug-likeness (QED) is 0.777. The fourth-order valence-electron chi connectivity index (χ4n) is 3.41. The summed E-state index contributed by atoms with van der Waals surface area (Å²) in [6.07, 6.45) is 4.42. The summed E-state index contributed by atoms with van der Waals surface area (Å²) < 4.78 is 7.08. The molecule has 0 saturated carbocycles. The molecule has 0 aromatic carbocycles. The number of carbonyl (C=O) groups is 2. The molecule has 2 aliphatic rings. The molecule has 0 aliphatic carbocycles. The fraction of sp³-hybridized carbons (Fsp3) is 0.467. The van der Waals surface area contributed by atoms with Crippen molar-refractivity contribution in [1.82, 2.24) is 24.4 Å². The number of piperidine rings is 1. The van der Waals surface area contributed by atoms with Crippen LogP contribution in [0.5, 0.6) is 0 Å². The molecule has 2 amide bonds. The SMILES string of the molecule is CN1C[C@]2(CCCN(C(=O)c3cnc4cccnn34)C2)OC1=O. The first kappa shape index (κ1) is 14.0. The summed E-state index contributed by atoms with van der Waals surface area (Å²) in [5.74, 6) is -0.138. The number of fused-ring (bicyclic) bond motifs is 1. The van der Waals surface area contributed by atoms with Gasteiger partial charge < -0.3 is 14.5 Å². The number of likely N-dealkylation sites (N-methyl/N-ethyl adjacent to an activating group) is 1. The van der Waals surface area contributed by atoms with E-state index in [9.17, 15) is 9.59 Å². The number of rotatable bonds is 1. The molecule has 2 saturated heterocycles. The summed E-state index contributed by atoms with van der Waals surface area (Å²) in [5.41, 5.74) is 0.470. The molecule has 23 heavy (non-hydrogen) atoms. The molecule has 4 rings (SSSR count). The Morgan fingerprint density at radius 2 is 2.26 bits per heavy atom. The number of carbonyl (C=O) groups excluding carboxylic acids is 2. The summed E-state index contributed by atoms with van der Waals surface area (Å²) in [5, 5.41) is 4.18. The topological polar surface area (TPSA) is 80.0 Å². The van der Waals surface area contributed by atoms with Crippen molar-refractivity contribution in [3.05, 3.63) is 30.2 Å². The molecule has 2 aromatic rings. The van der Waals surface area contributed by atoms with E-state index in [1.165, 1.54) is 4.52 Å². The maximum absolute atomic E-state index is 12.8. The molecule has 2 aromatic heterocycles. The Labute approximate surface area is 132 Å². The molecule has 0 radical (unpaired) electrons. The van der Waals surface area contributed by atoms with E-state index >= 15 is 0 Å². The third-order valence-corrected chi connectivity index (χ3v) is 4.46. The Morgan fingerprint density at radius 1 is 1.39 bits per heavy atom. The number of likely N-dealkylation sites (tertiary alicyclic amines) is 1. The summed E-state index contributed by atoms with van der Waals surface area (Å²) in [6, 6.07) is 3.58. The third kappa shape index (κ3) is 2.21. The van der Waals surface area contributed by atoms with E-state index in [4.69, 9.17) is 4.74 Å². The lowest BCUT2D eigenvalue weighted by atomic mass is 9.92. The van der Waals surface area contributed by atoms with Crippen LogP contribution < -0.4 is 0 Å². The van der Waals surface area contributed by atoms with Gasteiger partial charge in [-0.05, 0) is 25.0 Å². The molecule has 8 nitrogen and oxygen atoms in total. The highest BCUT2D eigenvalue weighted by atomic mass is 16.6. The Kier molecular flexibility index (Phi) is 3.00. The lowest BCUT2D eigenvalue weighted by Crippen LogP contribution is -2.52. The van der Waals surface area contributed by atoms with Gasteiger partial charge in [-0.15, -0.1) is 0 Å². The van der Waals surface area contributed by atoms with Crippen LogP contribution in [0.15, 0.2) is 24.5 Å². The van der Waals surface area contributed by atoms with Crippen molar-refractivity contribution in [2.24, 2.45) is 0 Å². The van der Waals surface area contributed by atoms with Crippen LogP contribution in [0.4, 0.5) is 4.79 Å².